The van der Waals surface area contributed by atoms with Gasteiger partial charge in [0.05, 0.1) is 11.3 Å². The predicted octanol–water partition coefficient (Wildman–Crippen LogP) is 1.04. The molecule has 11 heteroatoms. The van der Waals surface area contributed by atoms with Gasteiger partial charge in [-0.2, -0.15) is 5.10 Å². The topological polar surface area (TPSA) is 190 Å². The maximum atomic E-state index is 13.8. The third-order valence-corrected chi connectivity index (χ3v) is 7.31. The zero-order valence-electron chi connectivity index (χ0n) is 19.0. The molecular formula is C24H24N4O7. The molecule has 1 heterocycles. The van der Waals surface area contributed by atoms with Crippen LogP contribution in [0.15, 0.2) is 41.0 Å². The number of anilines is 1. The van der Waals surface area contributed by atoms with Crippen molar-refractivity contribution < 1.29 is 34.8 Å². The first kappa shape index (κ1) is 22.7. The van der Waals surface area contributed by atoms with E-state index in [4.69, 9.17) is 5.73 Å². The number of hydrogen-bond acceptors (Lipinski definition) is 9. The summed E-state index contributed by atoms with van der Waals surface area (Å²) in [5, 5.41) is 50.5. The van der Waals surface area contributed by atoms with Gasteiger partial charge in [0.2, 0.25) is 5.78 Å². The highest BCUT2D eigenvalue weighted by Crippen LogP contribution is 2.53. The molecule has 11 nitrogen and oxygen atoms in total. The molecule has 3 atom stereocenters. The van der Waals surface area contributed by atoms with E-state index in [2.05, 4.69) is 10.2 Å². The molecule has 0 fully saturated rings. The van der Waals surface area contributed by atoms with Gasteiger partial charge in [0, 0.05) is 49.5 Å². The smallest absolute Gasteiger partial charge is 0.255 e. The summed E-state index contributed by atoms with van der Waals surface area (Å²) < 4.78 is 0. The summed E-state index contributed by atoms with van der Waals surface area (Å²) in [6.45, 7) is 0. The quantitative estimate of drug-likeness (QED) is 0.348. The van der Waals surface area contributed by atoms with Gasteiger partial charge in [-0.15, -0.1) is 0 Å². The number of phenols is 1. The number of carbonyl (C=O) groups excluding carboxylic acids is 3. The van der Waals surface area contributed by atoms with Gasteiger partial charge in [0.1, 0.15) is 22.8 Å². The largest absolute Gasteiger partial charge is 0.511 e. The standard InChI is InChI=1S/C24H24N4O7/c1-28(2)14-8-11(13-3-4-26-27-13)19(30)17-12(14)6-9-5-10-7-15(29)18(23(25)34)22(33)24(10,35)21(32)16(9)20(17)31/h3-4,8-10,29-30,32,35H,5-7H2,1-2H3,(H2,25,34)(H,26,27)/t9?,10?,24-/m0/s1. The van der Waals surface area contributed by atoms with Gasteiger partial charge in [0.15, 0.2) is 11.4 Å². The summed E-state index contributed by atoms with van der Waals surface area (Å²) in [6, 6.07) is 3.37. The molecule has 0 saturated carbocycles. The molecule has 3 aliphatic carbocycles. The number of aromatic amines is 1. The number of aromatic nitrogens is 2. The Morgan fingerprint density at radius 3 is 2.54 bits per heavy atom. The average molecular weight is 480 g/mol. The van der Waals surface area contributed by atoms with Crippen LogP contribution < -0.4 is 10.6 Å². The number of carbonyl (C=O) groups is 3. The molecule has 1 amide bonds. The molecule has 1 aromatic carbocycles. The van der Waals surface area contributed by atoms with Crippen molar-refractivity contribution in [1.82, 2.24) is 10.2 Å². The normalized spacial score (nSPS) is 25.8. The number of benzene rings is 1. The maximum absolute atomic E-state index is 13.8. The van der Waals surface area contributed by atoms with Gasteiger partial charge in [-0.25, -0.2) is 0 Å². The van der Waals surface area contributed by atoms with Gasteiger partial charge < -0.3 is 31.1 Å². The van der Waals surface area contributed by atoms with E-state index in [0.29, 0.717) is 22.5 Å². The second kappa shape index (κ2) is 7.44. The van der Waals surface area contributed by atoms with Crippen LogP contribution in [0.25, 0.3) is 11.3 Å². The van der Waals surface area contributed by atoms with E-state index in [9.17, 15) is 34.8 Å². The number of fused-ring (bicyclic) bond motifs is 3. The number of H-pyrrole nitrogens is 1. The van der Waals surface area contributed by atoms with Crippen molar-refractivity contribution in [2.75, 3.05) is 19.0 Å². The lowest BCUT2D eigenvalue weighted by Gasteiger charge is -2.46. The van der Waals surface area contributed by atoms with Crippen LogP contribution in [0.4, 0.5) is 5.69 Å². The lowest BCUT2D eigenvalue weighted by molar-refractivity contribution is -0.144. The van der Waals surface area contributed by atoms with Crippen molar-refractivity contribution in [1.29, 1.82) is 0 Å². The number of ketones is 2. The van der Waals surface area contributed by atoms with E-state index in [1.54, 1.807) is 31.1 Å². The number of amides is 1. The first-order valence-electron chi connectivity index (χ1n) is 11.0. The molecule has 2 aromatic rings. The van der Waals surface area contributed by atoms with E-state index in [1.807, 2.05) is 0 Å². The summed E-state index contributed by atoms with van der Waals surface area (Å²) in [4.78, 5) is 40.4. The van der Waals surface area contributed by atoms with E-state index in [1.165, 1.54) is 6.20 Å². The summed E-state index contributed by atoms with van der Waals surface area (Å²) in [5.74, 6) is -6.51. The third-order valence-electron chi connectivity index (χ3n) is 7.31. The lowest BCUT2D eigenvalue weighted by Crippen LogP contribution is -2.57. The Morgan fingerprint density at radius 1 is 1.23 bits per heavy atom. The minimum absolute atomic E-state index is 0.0441. The number of hydrogen-bond donors (Lipinski definition) is 6. The number of aliphatic hydroxyl groups is 3. The fraction of sp³-hybridized carbons (Fsp3) is 0.333. The zero-order valence-corrected chi connectivity index (χ0v) is 19.0. The molecule has 5 rings (SSSR count). The van der Waals surface area contributed by atoms with Gasteiger partial charge in [0.25, 0.3) is 5.91 Å². The number of primary amides is 1. The molecule has 35 heavy (non-hydrogen) atoms. The molecule has 0 spiro atoms. The van der Waals surface area contributed by atoms with E-state index < -0.39 is 52.0 Å². The Hall–Kier alpha value is -4.12. The van der Waals surface area contributed by atoms with Crippen LogP contribution >= 0.6 is 0 Å². The van der Waals surface area contributed by atoms with Crippen LogP contribution in [-0.4, -0.2) is 67.8 Å². The monoisotopic (exact) mass is 480 g/mol. The van der Waals surface area contributed by atoms with Crippen molar-refractivity contribution in [3.05, 3.63) is 52.1 Å². The number of rotatable bonds is 3. The lowest BCUT2D eigenvalue weighted by atomic mass is 9.60. The van der Waals surface area contributed by atoms with Crippen molar-refractivity contribution in [2.24, 2.45) is 17.6 Å². The van der Waals surface area contributed by atoms with Gasteiger partial charge in [-0.05, 0) is 36.5 Å². The first-order valence-corrected chi connectivity index (χ1v) is 11.0. The minimum atomic E-state index is -2.59. The molecule has 0 bridgehead atoms. The highest BCUT2D eigenvalue weighted by molar-refractivity contribution is 6.24. The van der Waals surface area contributed by atoms with Gasteiger partial charge in [-0.1, -0.05) is 0 Å². The summed E-state index contributed by atoms with van der Waals surface area (Å²) in [6.07, 6.45) is 1.55. The Kier molecular flexibility index (Phi) is 4.82. The summed E-state index contributed by atoms with van der Waals surface area (Å²) in [7, 11) is 3.59. The third kappa shape index (κ3) is 2.94. The Labute approximate surface area is 199 Å². The van der Waals surface area contributed by atoms with Crippen molar-refractivity contribution >= 4 is 23.2 Å². The van der Waals surface area contributed by atoms with Crippen molar-refractivity contribution in [3.8, 4) is 17.0 Å². The number of allylic oxidation sites excluding steroid dienone is 2. The number of nitrogens with one attached hydrogen (secondary N) is 1. The van der Waals surface area contributed by atoms with E-state index in [-0.39, 0.29) is 36.1 Å². The second-order valence-electron chi connectivity index (χ2n) is 9.42. The van der Waals surface area contributed by atoms with Crippen LogP contribution in [0.2, 0.25) is 0 Å². The SMILES string of the molecule is CN(C)c1cc(-c2ccn[nH]2)c(O)c2c1CC1CC3CC(O)=C(C(N)=O)C(=O)[C@@]3(O)C(O)=C1C2=O. The first-order chi connectivity index (χ1) is 16.5. The predicted molar refractivity (Wildman–Crippen MR) is 123 cm³/mol. The number of nitrogens with zero attached hydrogens (tertiary/aromatic N) is 2. The number of nitrogens with two attached hydrogens (primary N) is 1. The van der Waals surface area contributed by atoms with Gasteiger partial charge in [-0.3, -0.25) is 19.5 Å². The molecule has 0 saturated heterocycles. The molecule has 2 unspecified atom stereocenters. The fourth-order valence-electron chi connectivity index (χ4n) is 5.68. The molecule has 7 N–H and O–H groups in total. The number of aliphatic hydroxyl groups excluding tert-OH is 2. The van der Waals surface area contributed by atoms with Crippen molar-refractivity contribution in [2.45, 2.75) is 24.9 Å². The molecule has 3 aliphatic rings. The van der Waals surface area contributed by atoms with Gasteiger partial charge >= 0.3 is 0 Å². The van der Waals surface area contributed by atoms with Crippen LogP contribution in [-0.2, 0) is 16.0 Å². The molecule has 0 aliphatic heterocycles. The molecule has 1 aromatic heterocycles. The summed E-state index contributed by atoms with van der Waals surface area (Å²) in [5.41, 5.74) is 3.63. The fourth-order valence-corrected chi connectivity index (χ4v) is 5.68. The summed E-state index contributed by atoms with van der Waals surface area (Å²) >= 11 is 0. The maximum Gasteiger partial charge on any atom is 0.255 e. The molecular weight excluding hydrogens is 456 g/mol. The highest BCUT2D eigenvalue weighted by Gasteiger charge is 2.59. The zero-order chi connectivity index (χ0) is 25.4. The molecule has 0 radical (unpaired) electrons. The van der Waals surface area contributed by atoms with Crippen LogP contribution in [0.3, 0.4) is 0 Å². The number of phenolic OH excluding ortho intramolecular Hbond substituents is 1. The molecule has 182 valence electrons. The van der Waals surface area contributed by atoms with Crippen LogP contribution in [0.1, 0.15) is 28.8 Å². The van der Waals surface area contributed by atoms with Crippen LogP contribution in [0, 0.1) is 11.8 Å². The van der Waals surface area contributed by atoms with E-state index >= 15 is 0 Å². The minimum Gasteiger partial charge on any atom is -0.511 e. The second-order valence-corrected chi connectivity index (χ2v) is 9.42. The Morgan fingerprint density at radius 2 is 1.94 bits per heavy atom. The number of aromatic hydroxyl groups is 1. The number of Topliss-reactive ketones (excluding diaryl/α,β-unsaturated/α-hetero) is 2. The Bertz CT molecular complexity index is 1370. The highest BCUT2D eigenvalue weighted by atomic mass is 16.3. The van der Waals surface area contributed by atoms with Crippen molar-refractivity contribution in [3.63, 3.8) is 0 Å². The Balaban J connectivity index is 1.73. The van der Waals surface area contributed by atoms with E-state index in [0.717, 1.165) is 0 Å². The van der Waals surface area contributed by atoms with Crippen LogP contribution in [0.5, 0.6) is 5.75 Å². The average Bonchev–Trinajstić information content (AvgIpc) is 3.30.